The molecule has 1 fully saturated rings. The summed E-state index contributed by atoms with van der Waals surface area (Å²) >= 11 is 1.77. The third kappa shape index (κ3) is 2.70. The van der Waals surface area contributed by atoms with Crippen molar-refractivity contribution in [2.24, 2.45) is 0 Å². The number of nitrogens with zero attached hydrogens (tertiary/aromatic N) is 1. The lowest BCUT2D eigenvalue weighted by Gasteiger charge is -2.26. The summed E-state index contributed by atoms with van der Waals surface area (Å²) < 4.78 is 0. The molecule has 1 saturated heterocycles. The van der Waals surface area contributed by atoms with Crippen LogP contribution in [0.15, 0.2) is 18.2 Å². The van der Waals surface area contributed by atoms with Crippen molar-refractivity contribution >= 4 is 17.7 Å². The molecule has 0 bridgehead atoms. The summed E-state index contributed by atoms with van der Waals surface area (Å²) in [6, 6.07) is 6.42. The number of aryl methyl sites for hydroxylation is 2. The Balaban J connectivity index is 2.25. The number of rotatable bonds is 4. The number of benzene rings is 1. The van der Waals surface area contributed by atoms with Crippen LogP contribution in [-0.2, 0) is 4.79 Å². The Hall–Kier alpha value is -1.00. The maximum atomic E-state index is 11.9. The SMILES string of the molecule is CSCCN1C(=O)CNC1c1cc(C)ccc1C. The minimum absolute atomic E-state index is 0.0459. The van der Waals surface area contributed by atoms with Gasteiger partial charge in [-0.15, -0.1) is 0 Å². The molecule has 98 valence electrons. The van der Waals surface area contributed by atoms with Crippen LogP contribution in [0.4, 0.5) is 0 Å². The summed E-state index contributed by atoms with van der Waals surface area (Å²) in [5, 5.41) is 3.32. The molecule has 18 heavy (non-hydrogen) atoms. The zero-order valence-corrected chi connectivity index (χ0v) is 12.0. The zero-order chi connectivity index (χ0) is 13.1. The first-order valence-electron chi connectivity index (χ1n) is 6.22. The Labute approximate surface area is 113 Å². The molecule has 1 aromatic carbocycles. The van der Waals surface area contributed by atoms with Gasteiger partial charge in [-0.1, -0.05) is 23.8 Å². The van der Waals surface area contributed by atoms with Crippen molar-refractivity contribution in [1.29, 1.82) is 0 Å². The smallest absolute Gasteiger partial charge is 0.238 e. The van der Waals surface area contributed by atoms with Gasteiger partial charge in [-0.05, 0) is 31.2 Å². The fourth-order valence-corrected chi connectivity index (χ4v) is 2.69. The van der Waals surface area contributed by atoms with E-state index in [1.54, 1.807) is 11.8 Å². The summed E-state index contributed by atoms with van der Waals surface area (Å²) in [6.07, 6.45) is 2.12. The molecule has 1 aliphatic rings. The van der Waals surface area contributed by atoms with Gasteiger partial charge in [0.25, 0.3) is 0 Å². The topological polar surface area (TPSA) is 32.3 Å². The highest BCUT2D eigenvalue weighted by atomic mass is 32.2. The van der Waals surface area contributed by atoms with E-state index in [4.69, 9.17) is 0 Å². The monoisotopic (exact) mass is 264 g/mol. The average molecular weight is 264 g/mol. The third-order valence-electron chi connectivity index (χ3n) is 3.34. The van der Waals surface area contributed by atoms with Crippen molar-refractivity contribution in [2.75, 3.05) is 25.1 Å². The first-order chi connectivity index (χ1) is 8.63. The Bertz CT molecular complexity index is 447. The fourth-order valence-electron chi connectivity index (χ4n) is 2.32. The Morgan fingerprint density at radius 3 is 2.94 bits per heavy atom. The molecule has 0 aliphatic carbocycles. The third-order valence-corrected chi connectivity index (χ3v) is 3.94. The van der Waals surface area contributed by atoms with E-state index in [-0.39, 0.29) is 12.1 Å². The average Bonchev–Trinajstić information content (AvgIpc) is 2.71. The van der Waals surface area contributed by atoms with Gasteiger partial charge in [0.2, 0.25) is 5.91 Å². The molecule has 2 rings (SSSR count). The highest BCUT2D eigenvalue weighted by molar-refractivity contribution is 7.98. The summed E-state index contributed by atoms with van der Waals surface area (Å²) in [6.45, 7) is 5.45. The van der Waals surface area contributed by atoms with Crippen LogP contribution in [-0.4, -0.2) is 35.9 Å². The molecule has 1 aliphatic heterocycles. The lowest BCUT2D eigenvalue weighted by atomic mass is 10.0. The van der Waals surface area contributed by atoms with Gasteiger partial charge in [0.15, 0.2) is 0 Å². The maximum absolute atomic E-state index is 11.9. The van der Waals surface area contributed by atoms with Crippen LogP contribution in [0.5, 0.6) is 0 Å². The molecular formula is C14H20N2OS. The van der Waals surface area contributed by atoms with Gasteiger partial charge < -0.3 is 4.90 Å². The van der Waals surface area contributed by atoms with Gasteiger partial charge in [0.05, 0.1) is 6.54 Å². The fraction of sp³-hybridized carbons (Fsp3) is 0.500. The molecule has 1 atom stereocenters. The van der Waals surface area contributed by atoms with Crippen LogP contribution in [0.2, 0.25) is 0 Å². The van der Waals surface area contributed by atoms with E-state index in [0.717, 1.165) is 12.3 Å². The van der Waals surface area contributed by atoms with E-state index in [2.05, 4.69) is 43.6 Å². The molecule has 3 nitrogen and oxygen atoms in total. The largest absolute Gasteiger partial charge is 0.321 e. The zero-order valence-electron chi connectivity index (χ0n) is 11.2. The lowest BCUT2D eigenvalue weighted by Crippen LogP contribution is -2.32. The van der Waals surface area contributed by atoms with Gasteiger partial charge >= 0.3 is 0 Å². The number of carbonyl (C=O) groups excluding carboxylic acids is 1. The van der Waals surface area contributed by atoms with Crippen molar-refractivity contribution < 1.29 is 4.79 Å². The molecule has 0 radical (unpaired) electrons. The van der Waals surface area contributed by atoms with E-state index < -0.39 is 0 Å². The highest BCUT2D eigenvalue weighted by Crippen LogP contribution is 2.26. The first-order valence-corrected chi connectivity index (χ1v) is 7.62. The maximum Gasteiger partial charge on any atom is 0.238 e. The van der Waals surface area contributed by atoms with E-state index in [1.807, 2.05) is 4.90 Å². The first kappa shape index (κ1) is 13.4. The van der Waals surface area contributed by atoms with Gasteiger partial charge in [0.1, 0.15) is 6.17 Å². The molecule has 1 amide bonds. The Morgan fingerprint density at radius 2 is 2.22 bits per heavy atom. The predicted octanol–water partition coefficient (Wildman–Crippen LogP) is 2.10. The van der Waals surface area contributed by atoms with Crippen molar-refractivity contribution in [2.45, 2.75) is 20.0 Å². The second kappa shape index (κ2) is 5.76. The van der Waals surface area contributed by atoms with Crippen LogP contribution in [0.1, 0.15) is 22.9 Å². The molecule has 0 aromatic heterocycles. The highest BCUT2D eigenvalue weighted by Gasteiger charge is 2.31. The lowest BCUT2D eigenvalue weighted by molar-refractivity contribution is -0.127. The Morgan fingerprint density at radius 1 is 1.44 bits per heavy atom. The molecular weight excluding hydrogens is 244 g/mol. The summed E-state index contributed by atoms with van der Waals surface area (Å²) in [7, 11) is 0. The standard InChI is InChI=1S/C14H20N2OS/c1-10-4-5-11(2)12(8-10)14-15-9-13(17)16(14)6-7-18-3/h4-5,8,14-15H,6-7,9H2,1-3H3. The normalized spacial score (nSPS) is 19.6. The van der Waals surface area contributed by atoms with Crippen LogP contribution in [0.25, 0.3) is 0 Å². The van der Waals surface area contributed by atoms with Crippen molar-refractivity contribution in [1.82, 2.24) is 10.2 Å². The number of nitrogens with one attached hydrogen (secondary N) is 1. The number of carbonyl (C=O) groups is 1. The van der Waals surface area contributed by atoms with E-state index >= 15 is 0 Å². The molecule has 4 heteroatoms. The minimum atomic E-state index is 0.0459. The number of hydrogen-bond donors (Lipinski definition) is 1. The number of hydrogen-bond acceptors (Lipinski definition) is 3. The molecule has 1 unspecified atom stereocenters. The minimum Gasteiger partial charge on any atom is -0.321 e. The van der Waals surface area contributed by atoms with Crippen molar-refractivity contribution in [3.05, 3.63) is 34.9 Å². The van der Waals surface area contributed by atoms with Crippen LogP contribution >= 0.6 is 11.8 Å². The van der Waals surface area contributed by atoms with Gasteiger partial charge in [-0.25, -0.2) is 0 Å². The number of amides is 1. The van der Waals surface area contributed by atoms with Gasteiger partial charge in [0, 0.05) is 12.3 Å². The summed E-state index contributed by atoms with van der Waals surface area (Å²) in [4.78, 5) is 13.9. The van der Waals surface area contributed by atoms with Crippen LogP contribution in [0.3, 0.4) is 0 Å². The van der Waals surface area contributed by atoms with E-state index in [1.165, 1.54) is 16.7 Å². The molecule has 1 N–H and O–H groups in total. The van der Waals surface area contributed by atoms with E-state index in [9.17, 15) is 4.79 Å². The molecule has 1 heterocycles. The van der Waals surface area contributed by atoms with Gasteiger partial charge in [-0.3, -0.25) is 10.1 Å². The van der Waals surface area contributed by atoms with Crippen molar-refractivity contribution in [3.63, 3.8) is 0 Å². The number of thioether (sulfide) groups is 1. The second-order valence-corrected chi connectivity index (χ2v) is 5.71. The summed E-state index contributed by atoms with van der Waals surface area (Å²) in [5.74, 6) is 1.18. The summed E-state index contributed by atoms with van der Waals surface area (Å²) in [5.41, 5.74) is 3.70. The van der Waals surface area contributed by atoms with Gasteiger partial charge in [-0.2, -0.15) is 11.8 Å². The molecule has 1 aromatic rings. The molecule has 0 saturated carbocycles. The van der Waals surface area contributed by atoms with E-state index in [0.29, 0.717) is 6.54 Å². The van der Waals surface area contributed by atoms with Crippen LogP contribution < -0.4 is 5.32 Å². The predicted molar refractivity (Wildman–Crippen MR) is 76.8 cm³/mol. The molecule has 0 spiro atoms. The van der Waals surface area contributed by atoms with Crippen molar-refractivity contribution in [3.8, 4) is 0 Å². The van der Waals surface area contributed by atoms with Crippen LogP contribution in [0, 0.1) is 13.8 Å². The Kier molecular flexibility index (Phi) is 4.30. The second-order valence-electron chi connectivity index (χ2n) is 4.72. The quantitative estimate of drug-likeness (QED) is 0.904.